The summed E-state index contributed by atoms with van der Waals surface area (Å²) in [5.41, 5.74) is -0.249. The van der Waals surface area contributed by atoms with Crippen molar-refractivity contribution in [3.8, 4) is 0 Å². The number of halogens is 1. The molecule has 0 fully saturated rings. The molecule has 0 saturated heterocycles. The fourth-order valence-corrected chi connectivity index (χ4v) is 1.57. The minimum absolute atomic E-state index is 0.00574. The van der Waals surface area contributed by atoms with E-state index in [4.69, 9.17) is 11.6 Å². The van der Waals surface area contributed by atoms with Crippen LogP contribution in [0.15, 0.2) is 10.9 Å². The fourth-order valence-electron chi connectivity index (χ4n) is 1.40. The lowest BCUT2D eigenvalue weighted by molar-refractivity contribution is 0.662. The van der Waals surface area contributed by atoms with Crippen molar-refractivity contribution in [3.05, 3.63) is 21.4 Å². The third kappa shape index (κ3) is 3.23. The smallest absolute Gasteiger partial charge is 0.221 e. The maximum Gasteiger partial charge on any atom is 0.221 e. The number of anilines is 1. The summed E-state index contributed by atoms with van der Waals surface area (Å²) in [4.78, 5) is 11.3. The monoisotopic (exact) mass is 229 g/mol. The van der Waals surface area contributed by atoms with Crippen LogP contribution in [-0.2, 0) is 7.05 Å². The van der Waals surface area contributed by atoms with Gasteiger partial charge in [-0.25, -0.2) is 0 Å². The lowest BCUT2D eigenvalue weighted by atomic mass is 10.2. The van der Waals surface area contributed by atoms with Crippen LogP contribution in [0, 0.1) is 0 Å². The molecule has 0 amide bonds. The molecular weight excluding hydrogens is 214 g/mol. The third-order valence-corrected chi connectivity index (χ3v) is 2.44. The van der Waals surface area contributed by atoms with Crippen LogP contribution < -0.4 is 10.7 Å². The first-order chi connectivity index (χ1) is 7.04. The first kappa shape index (κ1) is 12.0. The van der Waals surface area contributed by atoms with Gasteiger partial charge in [0.05, 0.1) is 0 Å². The van der Waals surface area contributed by atoms with Crippen molar-refractivity contribution in [1.82, 2.24) is 9.78 Å². The van der Waals surface area contributed by atoms with Gasteiger partial charge in [-0.1, -0.05) is 24.9 Å². The van der Waals surface area contributed by atoms with E-state index < -0.39 is 0 Å². The topological polar surface area (TPSA) is 46.9 Å². The van der Waals surface area contributed by atoms with Gasteiger partial charge < -0.3 is 5.32 Å². The van der Waals surface area contributed by atoms with Crippen LogP contribution >= 0.6 is 11.6 Å². The van der Waals surface area contributed by atoms with Crippen molar-refractivity contribution < 1.29 is 0 Å². The van der Waals surface area contributed by atoms with Crippen LogP contribution in [-0.4, -0.2) is 15.8 Å². The molecule has 0 radical (unpaired) electrons. The van der Waals surface area contributed by atoms with Crippen LogP contribution in [0.3, 0.4) is 0 Å². The summed E-state index contributed by atoms with van der Waals surface area (Å²) in [5, 5.41) is 7.12. The van der Waals surface area contributed by atoms with Gasteiger partial charge in [-0.2, -0.15) is 5.10 Å². The molecule has 0 spiro atoms. The van der Waals surface area contributed by atoms with Gasteiger partial charge in [-0.05, 0) is 13.3 Å². The predicted octanol–water partition coefficient (Wildman–Crippen LogP) is 2.03. The summed E-state index contributed by atoms with van der Waals surface area (Å²) in [6.07, 6.45) is 2.15. The molecule has 15 heavy (non-hydrogen) atoms. The molecular formula is C10H16ClN3O. The minimum Gasteiger partial charge on any atom is -0.368 e. The standard InChI is InChI=1S/C10H16ClN3O/c1-4-5-7(2)12-9-6-8(15)10(11)13-14(9)3/h6-7,12H,4-5H2,1-3H3. The maximum atomic E-state index is 11.3. The lowest BCUT2D eigenvalue weighted by Gasteiger charge is -2.16. The van der Waals surface area contributed by atoms with Crippen LogP contribution in [0.25, 0.3) is 0 Å². The average molecular weight is 230 g/mol. The average Bonchev–Trinajstić information content (AvgIpc) is 2.14. The largest absolute Gasteiger partial charge is 0.368 e. The Morgan fingerprint density at radius 3 is 2.93 bits per heavy atom. The number of nitrogens with one attached hydrogen (secondary N) is 1. The van der Waals surface area contributed by atoms with Gasteiger partial charge in [-0.3, -0.25) is 9.48 Å². The van der Waals surface area contributed by atoms with Crippen molar-refractivity contribution in [2.75, 3.05) is 5.32 Å². The first-order valence-electron chi connectivity index (χ1n) is 5.05. The molecule has 1 aromatic rings. The Hall–Kier alpha value is -1.03. The van der Waals surface area contributed by atoms with E-state index >= 15 is 0 Å². The maximum absolute atomic E-state index is 11.3. The van der Waals surface area contributed by atoms with Crippen LogP contribution in [0.1, 0.15) is 26.7 Å². The molecule has 4 nitrogen and oxygen atoms in total. The molecule has 1 unspecified atom stereocenters. The molecule has 1 atom stereocenters. The van der Waals surface area contributed by atoms with E-state index in [-0.39, 0.29) is 10.6 Å². The molecule has 1 rings (SSSR count). The van der Waals surface area contributed by atoms with Crippen LogP contribution in [0.4, 0.5) is 5.82 Å². The zero-order chi connectivity index (χ0) is 11.4. The third-order valence-electron chi connectivity index (χ3n) is 2.17. The predicted molar refractivity (Wildman–Crippen MR) is 62.5 cm³/mol. The Morgan fingerprint density at radius 1 is 1.67 bits per heavy atom. The summed E-state index contributed by atoms with van der Waals surface area (Å²) >= 11 is 5.61. The van der Waals surface area contributed by atoms with Crippen molar-refractivity contribution in [3.63, 3.8) is 0 Å². The van der Waals surface area contributed by atoms with E-state index in [0.29, 0.717) is 11.9 Å². The first-order valence-corrected chi connectivity index (χ1v) is 5.42. The van der Waals surface area contributed by atoms with Crippen LogP contribution in [0.5, 0.6) is 0 Å². The molecule has 0 bridgehead atoms. The second kappa shape index (κ2) is 5.16. The Labute approximate surface area is 94.3 Å². The molecule has 1 aromatic heterocycles. The highest BCUT2D eigenvalue weighted by molar-refractivity contribution is 6.29. The number of hydrogen-bond donors (Lipinski definition) is 1. The van der Waals surface area contributed by atoms with E-state index in [1.54, 1.807) is 11.7 Å². The van der Waals surface area contributed by atoms with E-state index in [0.717, 1.165) is 12.8 Å². The van der Waals surface area contributed by atoms with E-state index in [2.05, 4.69) is 24.3 Å². The highest BCUT2D eigenvalue weighted by Crippen LogP contribution is 2.08. The lowest BCUT2D eigenvalue weighted by Crippen LogP contribution is -2.21. The van der Waals surface area contributed by atoms with Gasteiger partial charge in [0.25, 0.3) is 0 Å². The zero-order valence-electron chi connectivity index (χ0n) is 9.25. The Balaban J connectivity index is 2.86. The quantitative estimate of drug-likeness (QED) is 0.860. The number of rotatable bonds is 4. The minimum atomic E-state index is -0.249. The van der Waals surface area contributed by atoms with Crippen molar-refractivity contribution in [1.29, 1.82) is 0 Å². The van der Waals surface area contributed by atoms with Gasteiger partial charge in [0.15, 0.2) is 5.15 Å². The van der Waals surface area contributed by atoms with E-state index in [1.807, 2.05) is 0 Å². The molecule has 0 aromatic carbocycles. The van der Waals surface area contributed by atoms with Crippen molar-refractivity contribution in [2.24, 2.45) is 7.05 Å². The molecule has 1 heterocycles. The molecule has 1 N–H and O–H groups in total. The van der Waals surface area contributed by atoms with Gasteiger partial charge in [-0.15, -0.1) is 0 Å². The molecule has 0 saturated carbocycles. The molecule has 0 aliphatic heterocycles. The van der Waals surface area contributed by atoms with E-state index in [9.17, 15) is 4.79 Å². The summed E-state index contributed by atoms with van der Waals surface area (Å²) < 4.78 is 1.58. The Morgan fingerprint density at radius 2 is 2.33 bits per heavy atom. The number of nitrogens with zero attached hydrogens (tertiary/aromatic N) is 2. The van der Waals surface area contributed by atoms with E-state index in [1.165, 1.54) is 6.07 Å². The van der Waals surface area contributed by atoms with Gasteiger partial charge in [0.2, 0.25) is 5.43 Å². The molecule has 0 aliphatic rings. The number of aromatic nitrogens is 2. The number of aryl methyl sites for hydroxylation is 1. The molecule has 0 aliphatic carbocycles. The van der Waals surface area contributed by atoms with Gasteiger partial charge >= 0.3 is 0 Å². The zero-order valence-corrected chi connectivity index (χ0v) is 10.0. The van der Waals surface area contributed by atoms with Gasteiger partial charge in [0.1, 0.15) is 5.82 Å². The van der Waals surface area contributed by atoms with Crippen molar-refractivity contribution in [2.45, 2.75) is 32.7 Å². The highest BCUT2D eigenvalue weighted by atomic mass is 35.5. The summed E-state index contributed by atoms with van der Waals surface area (Å²) in [5.74, 6) is 0.699. The summed E-state index contributed by atoms with van der Waals surface area (Å²) in [6, 6.07) is 1.80. The second-order valence-corrected chi connectivity index (χ2v) is 4.00. The number of hydrogen-bond acceptors (Lipinski definition) is 3. The SMILES string of the molecule is CCCC(C)Nc1cc(=O)c(Cl)nn1C. The molecule has 5 heteroatoms. The van der Waals surface area contributed by atoms with Crippen molar-refractivity contribution >= 4 is 17.4 Å². The molecule has 84 valence electrons. The summed E-state index contributed by atoms with van der Waals surface area (Å²) in [7, 11) is 1.76. The highest BCUT2D eigenvalue weighted by Gasteiger charge is 2.06. The van der Waals surface area contributed by atoms with Crippen LogP contribution in [0.2, 0.25) is 5.15 Å². The summed E-state index contributed by atoms with van der Waals surface area (Å²) in [6.45, 7) is 4.19. The van der Waals surface area contributed by atoms with Gasteiger partial charge in [0, 0.05) is 19.2 Å². The second-order valence-electron chi connectivity index (χ2n) is 3.64. The Bertz CT molecular complexity index is 389. The Kier molecular flexibility index (Phi) is 4.15. The normalized spacial score (nSPS) is 12.5. The fraction of sp³-hybridized carbons (Fsp3) is 0.600.